The maximum atomic E-state index is 10.4. The van der Waals surface area contributed by atoms with Gasteiger partial charge in [0.15, 0.2) is 0 Å². The molecule has 1 aliphatic carbocycles. The molecule has 2 atom stereocenters. The fourth-order valence-electron chi connectivity index (χ4n) is 2.88. The lowest BCUT2D eigenvalue weighted by atomic mass is 9.86. The fraction of sp³-hybridized carbons (Fsp3) is 0.294. The first kappa shape index (κ1) is 12.4. The largest absolute Gasteiger partial charge is 0.385 e. The average Bonchev–Trinajstić information content (AvgIpc) is 2.40. The molecule has 2 heteroatoms. The third kappa shape index (κ3) is 1.88. The second-order valence-corrected chi connectivity index (χ2v) is 5.25. The molecule has 2 nitrogen and oxygen atoms in total. The molecule has 0 aromatic heterocycles. The van der Waals surface area contributed by atoms with Crippen molar-refractivity contribution in [3.63, 3.8) is 0 Å². The van der Waals surface area contributed by atoms with Gasteiger partial charge in [-0.2, -0.15) is 0 Å². The molecule has 0 saturated heterocycles. The Kier molecular flexibility index (Phi) is 2.92. The first-order valence-corrected chi connectivity index (χ1v) is 6.54. The lowest BCUT2D eigenvalue weighted by Crippen LogP contribution is -2.22. The number of aryl methyl sites for hydroxylation is 2. The van der Waals surface area contributed by atoms with E-state index >= 15 is 0 Å². The second kappa shape index (κ2) is 4.48. The lowest BCUT2D eigenvalue weighted by molar-refractivity contribution is 0.0151. The van der Waals surface area contributed by atoms with E-state index in [2.05, 4.69) is 44.2 Å². The van der Waals surface area contributed by atoms with Crippen LogP contribution >= 0.6 is 0 Å². The zero-order chi connectivity index (χ0) is 13.6. The molecule has 1 N–H and O–H groups in total. The molecule has 3 rings (SSSR count). The van der Waals surface area contributed by atoms with Gasteiger partial charge >= 0.3 is 0 Å². The van der Waals surface area contributed by atoms with Gasteiger partial charge in [0.2, 0.25) is 0 Å². The number of methoxy groups -OCH3 is 1. The topological polar surface area (TPSA) is 29.5 Å². The minimum atomic E-state index is -0.589. The van der Waals surface area contributed by atoms with Gasteiger partial charge in [0.25, 0.3) is 0 Å². The first-order chi connectivity index (χ1) is 9.11. The van der Waals surface area contributed by atoms with E-state index in [9.17, 15) is 5.11 Å². The monoisotopic (exact) mass is 254 g/mol. The van der Waals surface area contributed by atoms with Crippen molar-refractivity contribution in [1.82, 2.24) is 0 Å². The average molecular weight is 254 g/mol. The molecule has 2 aromatic carbocycles. The van der Waals surface area contributed by atoms with Crippen LogP contribution in [0.3, 0.4) is 0 Å². The minimum Gasteiger partial charge on any atom is -0.385 e. The molecule has 19 heavy (non-hydrogen) atoms. The highest BCUT2D eigenvalue weighted by atomic mass is 16.5. The summed E-state index contributed by atoms with van der Waals surface area (Å²) in [5.41, 5.74) is 4.50. The Balaban J connectivity index is 2.33. The van der Waals surface area contributed by atoms with Gasteiger partial charge < -0.3 is 9.84 Å². The normalized spacial score (nSPS) is 21.7. The van der Waals surface area contributed by atoms with Crippen LogP contribution in [0.25, 0.3) is 16.8 Å². The standard InChI is InChI=1S/C17H18O2/c1-10-4-5-12-11(2)9-15-13(14(12)8-10)6-7-16(19-3)17(15)18/h4-9,16-18H,1-3H3/t16-,17-/m1/s1. The highest BCUT2D eigenvalue weighted by Crippen LogP contribution is 2.36. The highest BCUT2D eigenvalue weighted by Gasteiger charge is 2.25. The molecule has 0 fully saturated rings. The van der Waals surface area contributed by atoms with Crippen molar-refractivity contribution in [3.8, 4) is 0 Å². The number of benzene rings is 2. The molecule has 0 bridgehead atoms. The molecule has 0 heterocycles. The van der Waals surface area contributed by atoms with Crippen molar-refractivity contribution in [2.24, 2.45) is 0 Å². The Morgan fingerprint density at radius 2 is 1.89 bits per heavy atom. The Morgan fingerprint density at radius 1 is 1.11 bits per heavy atom. The first-order valence-electron chi connectivity index (χ1n) is 6.54. The molecule has 0 amide bonds. The summed E-state index contributed by atoms with van der Waals surface area (Å²) in [4.78, 5) is 0. The van der Waals surface area contributed by atoms with Gasteiger partial charge in [0.1, 0.15) is 12.2 Å². The third-order valence-corrected chi connectivity index (χ3v) is 3.93. The molecule has 0 saturated carbocycles. The van der Waals surface area contributed by atoms with Gasteiger partial charge in [-0.05, 0) is 41.3 Å². The van der Waals surface area contributed by atoms with Crippen molar-refractivity contribution in [3.05, 3.63) is 52.6 Å². The van der Waals surface area contributed by atoms with Gasteiger partial charge in [-0.3, -0.25) is 0 Å². The predicted molar refractivity (Wildman–Crippen MR) is 78.2 cm³/mol. The van der Waals surface area contributed by atoms with E-state index < -0.39 is 6.10 Å². The Morgan fingerprint density at radius 3 is 2.63 bits per heavy atom. The van der Waals surface area contributed by atoms with Crippen molar-refractivity contribution in [2.75, 3.05) is 7.11 Å². The van der Waals surface area contributed by atoms with Crippen molar-refractivity contribution < 1.29 is 9.84 Å². The second-order valence-electron chi connectivity index (χ2n) is 5.25. The molecule has 2 aromatic rings. The van der Waals surface area contributed by atoms with Crippen LogP contribution in [0.4, 0.5) is 0 Å². The summed E-state index contributed by atoms with van der Waals surface area (Å²) < 4.78 is 5.30. The van der Waals surface area contributed by atoms with Gasteiger partial charge in [-0.1, -0.05) is 42.0 Å². The lowest BCUT2D eigenvalue weighted by Gasteiger charge is -2.26. The SMILES string of the molecule is CO[C@@H]1C=Cc2c(cc(C)c3ccc(C)cc23)[C@H]1O. The molecule has 0 unspecified atom stereocenters. The minimum absolute atomic E-state index is 0.255. The van der Waals surface area contributed by atoms with Crippen LogP contribution in [-0.2, 0) is 4.74 Å². The smallest absolute Gasteiger partial charge is 0.109 e. The number of aliphatic hydroxyl groups excluding tert-OH is 1. The fourth-order valence-corrected chi connectivity index (χ4v) is 2.88. The Bertz CT molecular complexity index is 671. The van der Waals surface area contributed by atoms with Crippen LogP contribution in [0, 0.1) is 13.8 Å². The number of rotatable bonds is 1. The van der Waals surface area contributed by atoms with E-state index in [4.69, 9.17) is 4.74 Å². The quantitative estimate of drug-likeness (QED) is 0.843. The summed E-state index contributed by atoms with van der Waals surface area (Å²) in [5.74, 6) is 0. The molecule has 0 aliphatic heterocycles. The summed E-state index contributed by atoms with van der Waals surface area (Å²) in [5, 5.41) is 12.9. The number of ether oxygens (including phenoxy) is 1. The summed E-state index contributed by atoms with van der Waals surface area (Å²) in [6.07, 6.45) is 3.16. The van der Waals surface area contributed by atoms with E-state index in [0.717, 1.165) is 11.1 Å². The van der Waals surface area contributed by atoms with Crippen molar-refractivity contribution >= 4 is 16.8 Å². The number of fused-ring (bicyclic) bond motifs is 3. The highest BCUT2D eigenvalue weighted by molar-refractivity contribution is 5.95. The maximum Gasteiger partial charge on any atom is 0.109 e. The van der Waals surface area contributed by atoms with Gasteiger partial charge in [0, 0.05) is 7.11 Å². The molecule has 1 aliphatic rings. The van der Waals surface area contributed by atoms with Crippen LogP contribution in [0.1, 0.15) is 28.4 Å². The van der Waals surface area contributed by atoms with E-state index in [0.29, 0.717) is 0 Å². The molecular formula is C17H18O2. The molecule has 0 spiro atoms. The summed E-state index contributed by atoms with van der Waals surface area (Å²) >= 11 is 0. The summed E-state index contributed by atoms with van der Waals surface area (Å²) in [7, 11) is 1.63. The molecule has 98 valence electrons. The molecular weight excluding hydrogens is 236 g/mol. The van der Waals surface area contributed by atoms with E-state index in [-0.39, 0.29) is 6.10 Å². The van der Waals surface area contributed by atoms with E-state index in [1.54, 1.807) is 7.11 Å². The Labute approximate surface area is 113 Å². The van der Waals surface area contributed by atoms with E-state index in [1.807, 2.05) is 6.08 Å². The zero-order valence-electron chi connectivity index (χ0n) is 11.5. The number of hydrogen-bond donors (Lipinski definition) is 1. The van der Waals surface area contributed by atoms with Crippen molar-refractivity contribution in [2.45, 2.75) is 26.1 Å². The van der Waals surface area contributed by atoms with Crippen LogP contribution in [-0.4, -0.2) is 18.3 Å². The summed E-state index contributed by atoms with van der Waals surface area (Å²) in [6, 6.07) is 8.55. The van der Waals surface area contributed by atoms with Crippen molar-refractivity contribution in [1.29, 1.82) is 0 Å². The zero-order valence-corrected chi connectivity index (χ0v) is 11.5. The third-order valence-electron chi connectivity index (χ3n) is 3.93. The van der Waals surface area contributed by atoms with Crippen LogP contribution in [0.2, 0.25) is 0 Å². The van der Waals surface area contributed by atoms with Gasteiger partial charge in [-0.15, -0.1) is 0 Å². The van der Waals surface area contributed by atoms with Gasteiger partial charge in [0.05, 0.1) is 0 Å². The summed E-state index contributed by atoms with van der Waals surface area (Å²) in [6.45, 7) is 4.18. The Hall–Kier alpha value is -1.64. The van der Waals surface area contributed by atoms with Crippen LogP contribution in [0.5, 0.6) is 0 Å². The maximum absolute atomic E-state index is 10.4. The molecule has 0 radical (unpaired) electrons. The van der Waals surface area contributed by atoms with Crippen LogP contribution < -0.4 is 0 Å². The van der Waals surface area contributed by atoms with E-state index in [1.165, 1.54) is 21.9 Å². The number of hydrogen-bond acceptors (Lipinski definition) is 2. The van der Waals surface area contributed by atoms with Gasteiger partial charge in [-0.25, -0.2) is 0 Å². The predicted octanol–water partition coefficient (Wildman–Crippen LogP) is 3.53. The number of aliphatic hydroxyl groups is 1. The van der Waals surface area contributed by atoms with Crippen LogP contribution in [0.15, 0.2) is 30.3 Å².